The van der Waals surface area contributed by atoms with Gasteiger partial charge in [-0.15, -0.1) is 0 Å². The molecule has 0 bridgehead atoms. The van der Waals surface area contributed by atoms with Gasteiger partial charge in [0, 0.05) is 12.0 Å². The van der Waals surface area contributed by atoms with Gasteiger partial charge in [-0.3, -0.25) is 0 Å². The SMILES string of the molecule is Cc1ccc(-c2ncc(CC(C)O)o2)cc1. The van der Waals surface area contributed by atoms with Crippen LogP contribution in [0.15, 0.2) is 34.9 Å². The Morgan fingerprint density at radius 2 is 2.00 bits per heavy atom. The molecule has 3 heteroatoms. The number of hydrogen-bond acceptors (Lipinski definition) is 3. The third-order valence-corrected chi connectivity index (χ3v) is 2.35. The number of benzene rings is 1. The molecule has 0 spiro atoms. The number of aliphatic hydroxyl groups is 1. The van der Waals surface area contributed by atoms with Crippen LogP contribution >= 0.6 is 0 Å². The first kappa shape index (κ1) is 10.9. The van der Waals surface area contributed by atoms with Crippen LogP contribution in [-0.4, -0.2) is 16.2 Å². The molecule has 0 saturated heterocycles. The van der Waals surface area contributed by atoms with E-state index in [-0.39, 0.29) is 0 Å². The minimum Gasteiger partial charge on any atom is -0.441 e. The molecule has 3 nitrogen and oxygen atoms in total. The topological polar surface area (TPSA) is 46.3 Å². The quantitative estimate of drug-likeness (QED) is 0.859. The van der Waals surface area contributed by atoms with Gasteiger partial charge in [-0.2, -0.15) is 0 Å². The van der Waals surface area contributed by atoms with E-state index in [0.717, 1.165) is 5.56 Å². The second kappa shape index (κ2) is 4.49. The summed E-state index contributed by atoms with van der Waals surface area (Å²) in [6.45, 7) is 3.77. The lowest BCUT2D eigenvalue weighted by Crippen LogP contribution is -2.02. The molecule has 1 aromatic carbocycles. The fourth-order valence-corrected chi connectivity index (χ4v) is 1.52. The Kier molecular flexibility index (Phi) is 3.06. The lowest BCUT2D eigenvalue weighted by Gasteiger charge is -1.99. The average Bonchev–Trinajstić information content (AvgIpc) is 2.66. The highest BCUT2D eigenvalue weighted by molar-refractivity contribution is 5.53. The van der Waals surface area contributed by atoms with Gasteiger partial charge in [-0.1, -0.05) is 17.7 Å². The second-order valence-electron chi connectivity index (χ2n) is 4.05. The van der Waals surface area contributed by atoms with E-state index in [2.05, 4.69) is 4.98 Å². The highest BCUT2D eigenvalue weighted by Crippen LogP contribution is 2.20. The molecule has 2 rings (SSSR count). The van der Waals surface area contributed by atoms with Crippen molar-refractivity contribution < 1.29 is 9.52 Å². The minimum absolute atomic E-state index is 0.404. The molecule has 0 saturated carbocycles. The minimum atomic E-state index is -0.404. The van der Waals surface area contributed by atoms with Crippen LogP contribution in [0.5, 0.6) is 0 Å². The summed E-state index contributed by atoms with van der Waals surface area (Å²) in [4.78, 5) is 4.19. The molecular weight excluding hydrogens is 202 g/mol. The van der Waals surface area contributed by atoms with Crippen LogP contribution in [0.25, 0.3) is 11.5 Å². The zero-order valence-electron chi connectivity index (χ0n) is 9.47. The Balaban J connectivity index is 2.21. The van der Waals surface area contributed by atoms with E-state index >= 15 is 0 Å². The third-order valence-electron chi connectivity index (χ3n) is 2.35. The molecule has 1 atom stereocenters. The summed E-state index contributed by atoms with van der Waals surface area (Å²) in [5.41, 5.74) is 2.17. The van der Waals surface area contributed by atoms with Crippen LogP contribution in [-0.2, 0) is 6.42 Å². The van der Waals surface area contributed by atoms with Gasteiger partial charge in [-0.25, -0.2) is 4.98 Å². The van der Waals surface area contributed by atoms with Crippen LogP contribution in [0, 0.1) is 6.92 Å². The Labute approximate surface area is 94.8 Å². The summed E-state index contributed by atoms with van der Waals surface area (Å²) >= 11 is 0. The van der Waals surface area contributed by atoms with E-state index < -0.39 is 6.10 Å². The molecule has 0 aliphatic heterocycles. The van der Waals surface area contributed by atoms with E-state index in [0.29, 0.717) is 18.1 Å². The van der Waals surface area contributed by atoms with Crippen molar-refractivity contribution in [2.45, 2.75) is 26.4 Å². The smallest absolute Gasteiger partial charge is 0.226 e. The monoisotopic (exact) mass is 217 g/mol. The summed E-state index contributed by atoms with van der Waals surface area (Å²) in [5.74, 6) is 1.32. The molecule has 1 aromatic heterocycles. The van der Waals surface area contributed by atoms with Gasteiger partial charge in [0.25, 0.3) is 0 Å². The molecule has 0 radical (unpaired) electrons. The lowest BCUT2D eigenvalue weighted by atomic mass is 10.1. The van der Waals surface area contributed by atoms with Crippen LogP contribution < -0.4 is 0 Å². The zero-order chi connectivity index (χ0) is 11.5. The lowest BCUT2D eigenvalue weighted by molar-refractivity contribution is 0.187. The summed E-state index contributed by atoms with van der Waals surface area (Å²) in [6, 6.07) is 8.00. The van der Waals surface area contributed by atoms with Gasteiger partial charge < -0.3 is 9.52 Å². The van der Waals surface area contributed by atoms with E-state index in [9.17, 15) is 5.11 Å². The number of aryl methyl sites for hydroxylation is 1. The average molecular weight is 217 g/mol. The first-order valence-electron chi connectivity index (χ1n) is 5.35. The normalized spacial score (nSPS) is 12.7. The summed E-state index contributed by atoms with van der Waals surface area (Å²) < 4.78 is 5.55. The molecular formula is C13H15NO2. The van der Waals surface area contributed by atoms with Crippen LogP contribution in [0.3, 0.4) is 0 Å². The molecule has 1 N–H and O–H groups in total. The van der Waals surface area contributed by atoms with E-state index in [1.165, 1.54) is 5.56 Å². The molecule has 84 valence electrons. The molecule has 2 aromatic rings. The maximum atomic E-state index is 9.23. The summed E-state index contributed by atoms with van der Waals surface area (Å²) in [7, 11) is 0. The molecule has 1 unspecified atom stereocenters. The van der Waals surface area contributed by atoms with Crippen molar-refractivity contribution in [1.82, 2.24) is 4.98 Å². The van der Waals surface area contributed by atoms with Crippen molar-refractivity contribution in [3.8, 4) is 11.5 Å². The zero-order valence-corrected chi connectivity index (χ0v) is 9.47. The van der Waals surface area contributed by atoms with Crippen molar-refractivity contribution in [3.63, 3.8) is 0 Å². The number of oxazole rings is 1. The Bertz CT molecular complexity index is 457. The number of nitrogens with zero attached hydrogens (tertiary/aromatic N) is 1. The van der Waals surface area contributed by atoms with E-state index in [4.69, 9.17) is 4.42 Å². The maximum Gasteiger partial charge on any atom is 0.226 e. The first-order chi connectivity index (χ1) is 7.65. The highest BCUT2D eigenvalue weighted by atomic mass is 16.4. The van der Waals surface area contributed by atoms with Crippen molar-refractivity contribution in [3.05, 3.63) is 41.8 Å². The van der Waals surface area contributed by atoms with Crippen molar-refractivity contribution in [2.24, 2.45) is 0 Å². The molecule has 0 aliphatic rings. The van der Waals surface area contributed by atoms with Gasteiger partial charge in [0.1, 0.15) is 5.76 Å². The van der Waals surface area contributed by atoms with Gasteiger partial charge >= 0.3 is 0 Å². The van der Waals surface area contributed by atoms with Crippen molar-refractivity contribution in [2.75, 3.05) is 0 Å². The predicted octanol–water partition coefficient (Wildman–Crippen LogP) is 2.57. The van der Waals surface area contributed by atoms with Gasteiger partial charge in [0.2, 0.25) is 5.89 Å². The number of hydrogen-bond donors (Lipinski definition) is 1. The van der Waals surface area contributed by atoms with Gasteiger partial charge in [0.15, 0.2) is 0 Å². The highest BCUT2D eigenvalue weighted by Gasteiger charge is 2.08. The van der Waals surface area contributed by atoms with Crippen molar-refractivity contribution in [1.29, 1.82) is 0 Å². The molecule has 0 aliphatic carbocycles. The molecule has 1 heterocycles. The van der Waals surface area contributed by atoms with Gasteiger partial charge in [0.05, 0.1) is 12.3 Å². The molecule has 0 fully saturated rings. The molecule has 16 heavy (non-hydrogen) atoms. The Hall–Kier alpha value is -1.61. The number of rotatable bonds is 3. The fourth-order valence-electron chi connectivity index (χ4n) is 1.52. The summed E-state index contributed by atoms with van der Waals surface area (Å²) in [5, 5.41) is 9.23. The maximum absolute atomic E-state index is 9.23. The second-order valence-corrected chi connectivity index (χ2v) is 4.05. The number of aliphatic hydroxyl groups excluding tert-OH is 1. The van der Waals surface area contributed by atoms with Crippen LogP contribution in [0.4, 0.5) is 0 Å². The Morgan fingerprint density at radius 1 is 1.31 bits per heavy atom. The summed E-state index contributed by atoms with van der Waals surface area (Å²) in [6.07, 6.45) is 1.76. The fraction of sp³-hybridized carbons (Fsp3) is 0.308. The predicted molar refractivity (Wildman–Crippen MR) is 62.1 cm³/mol. The number of aromatic nitrogens is 1. The van der Waals surface area contributed by atoms with E-state index in [1.807, 2.05) is 31.2 Å². The largest absolute Gasteiger partial charge is 0.441 e. The Morgan fingerprint density at radius 3 is 2.62 bits per heavy atom. The first-order valence-corrected chi connectivity index (χ1v) is 5.35. The van der Waals surface area contributed by atoms with E-state index in [1.54, 1.807) is 13.1 Å². The standard InChI is InChI=1S/C13H15NO2/c1-9-3-5-11(6-4-9)13-14-8-12(16-13)7-10(2)15/h3-6,8,10,15H,7H2,1-2H3. The van der Waals surface area contributed by atoms with Crippen molar-refractivity contribution >= 4 is 0 Å². The van der Waals surface area contributed by atoms with Gasteiger partial charge in [-0.05, 0) is 26.0 Å². The molecule has 0 amide bonds. The third kappa shape index (κ3) is 2.49. The van der Waals surface area contributed by atoms with Crippen LogP contribution in [0.1, 0.15) is 18.2 Å². The van der Waals surface area contributed by atoms with Crippen LogP contribution in [0.2, 0.25) is 0 Å².